The van der Waals surface area contributed by atoms with Crippen LogP contribution in [0, 0.1) is 0 Å². The van der Waals surface area contributed by atoms with Crippen LogP contribution in [-0.2, 0) is 10.3 Å². The number of rotatable bonds is 0. The standard InChI is InChI=1S/C4H4S.H3NO3S.Na/c1-2-4-5-3-1;1-5(2,3)4;/h1-4H;(H3,1,2,3,4);/q;;+1/p-1. The summed E-state index contributed by atoms with van der Waals surface area (Å²) in [6.07, 6.45) is 0. The molecule has 4 nitrogen and oxygen atoms in total. The summed E-state index contributed by atoms with van der Waals surface area (Å²) < 4.78 is 26.6. The van der Waals surface area contributed by atoms with E-state index in [0.717, 1.165) is 0 Å². The predicted molar refractivity (Wildman–Crippen MR) is 38.2 cm³/mol. The van der Waals surface area contributed by atoms with Crippen molar-refractivity contribution >= 4 is 21.6 Å². The molecule has 0 aromatic carbocycles. The van der Waals surface area contributed by atoms with Gasteiger partial charge in [0.15, 0.2) is 10.3 Å². The average molecular weight is 203 g/mol. The van der Waals surface area contributed by atoms with E-state index in [9.17, 15) is 0 Å². The van der Waals surface area contributed by atoms with E-state index in [1.165, 1.54) is 0 Å². The van der Waals surface area contributed by atoms with E-state index in [1.54, 1.807) is 11.3 Å². The molecule has 1 aromatic heterocycles. The Kier molecular flexibility index (Phi) is 9.28. The fourth-order valence-electron chi connectivity index (χ4n) is 0.227. The summed E-state index contributed by atoms with van der Waals surface area (Å²) in [6, 6.07) is 4.04. The molecule has 1 heterocycles. The molecule has 0 fully saturated rings. The first-order chi connectivity index (χ1) is 4.50. The Morgan fingerprint density at radius 1 is 1.27 bits per heavy atom. The molecule has 0 aliphatic carbocycles. The van der Waals surface area contributed by atoms with Gasteiger partial charge >= 0.3 is 29.6 Å². The quantitative estimate of drug-likeness (QED) is 0.364. The number of thiophene rings is 1. The van der Waals surface area contributed by atoms with Crippen molar-refractivity contribution in [3.63, 3.8) is 0 Å². The fourth-order valence-corrected chi connectivity index (χ4v) is 0.680. The molecule has 2 N–H and O–H groups in total. The van der Waals surface area contributed by atoms with Gasteiger partial charge in [-0.05, 0) is 10.8 Å². The van der Waals surface area contributed by atoms with Crippen LogP contribution in [0.2, 0.25) is 0 Å². The van der Waals surface area contributed by atoms with Crippen molar-refractivity contribution in [3.8, 4) is 0 Å². The molecular weight excluding hydrogens is 197 g/mol. The summed E-state index contributed by atoms with van der Waals surface area (Å²) >= 11 is 1.71. The summed E-state index contributed by atoms with van der Waals surface area (Å²) in [5, 5.41) is 7.85. The minimum Gasteiger partial charge on any atom is -0.736 e. The number of hydrogen-bond donors (Lipinski definition) is 1. The van der Waals surface area contributed by atoms with Gasteiger partial charge < -0.3 is 4.55 Å². The van der Waals surface area contributed by atoms with Crippen LogP contribution in [0.4, 0.5) is 0 Å². The van der Waals surface area contributed by atoms with E-state index in [2.05, 4.69) is 5.14 Å². The molecule has 58 valence electrons. The zero-order chi connectivity index (χ0) is 8.04. The SMILES string of the molecule is NS(=O)(=O)[O-].[Na+].c1ccsc1. The summed E-state index contributed by atoms with van der Waals surface area (Å²) in [6.45, 7) is 0. The van der Waals surface area contributed by atoms with Crippen molar-refractivity contribution in [2.75, 3.05) is 0 Å². The topological polar surface area (TPSA) is 83.2 Å². The summed E-state index contributed by atoms with van der Waals surface area (Å²) in [7, 11) is -4.42. The Morgan fingerprint density at radius 3 is 1.64 bits per heavy atom. The van der Waals surface area contributed by atoms with Crippen molar-refractivity contribution < 1.29 is 42.5 Å². The van der Waals surface area contributed by atoms with E-state index in [1.807, 2.05) is 22.9 Å². The largest absolute Gasteiger partial charge is 1.00 e. The second-order valence-electron chi connectivity index (χ2n) is 1.29. The third-order valence-corrected chi connectivity index (χ3v) is 1.05. The van der Waals surface area contributed by atoms with Crippen molar-refractivity contribution in [3.05, 3.63) is 22.9 Å². The maximum absolute atomic E-state index is 8.85. The van der Waals surface area contributed by atoms with Gasteiger partial charge in [-0.25, -0.2) is 13.6 Å². The maximum atomic E-state index is 8.85. The molecule has 11 heavy (non-hydrogen) atoms. The van der Waals surface area contributed by atoms with Gasteiger partial charge in [0.25, 0.3) is 0 Å². The molecule has 0 atom stereocenters. The molecule has 1 rings (SSSR count). The molecule has 0 unspecified atom stereocenters. The zero-order valence-electron chi connectivity index (χ0n) is 5.93. The molecule has 0 aliphatic rings. The van der Waals surface area contributed by atoms with Crippen molar-refractivity contribution in [2.45, 2.75) is 0 Å². The minimum atomic E-state index is -4.42. The van der Waals surface area contributed by atoms with Crippen LogP contribution >= 0.6 is 11.3 Å². The molecule has 0 aliphatic heterocycles. The van der Waals surface area contributed by atoms with Crippen LogP contribution in [0.15, 0.2) is 22.9 Å². The minimum absolute atomic E-state index is 0. The van der Waals surface area contributed by atoms with Crippen molar-refractivity contribution in [1.82, 2.24) is 0 Å². The fraction of sp³-hybridized carbons (Fsp3) is 0. The first-order valence-corrected chi connectivity index (χ1v) is 4.62. The molecule has 0 saturated carbocycles. The molecule has 1 aromatic rings. The Labute approximate surface area is 91.6 Å². The first kappa shape index (κ1) is 14.1. The normalized spacial score (nSPS) is 8.91. The van der Waals surface area contributed by atoms with Gasteiger partial charge in [0, 0.05) is 0 Å². The summed E-state index contributed by atoms with van der Waals surface area (Å²) in [5.74, 6) is 0. The van der Waals surface area contributed by atoms with E-state index >= 15 is 0 Å². The van der Waals surface area contributed by atoms with Gasteiger partial charge in [0.05, 0.1) is 0 Å². The molecular formula is C4H6NNaO3S2. The molecule has 0 radical (unpaired) electrons. The smallest absolute Gasteiger partial charge is 0.736 e. The van der Waals surface area contributed by atoms with Crippen LogP contribution in [0.1, 0.15) is 0 Å². The van der Waals surface area contributed by atoms with E-state index in [4.69, 9.17) is 13.0 Å². The van der Waals surface area contributed by atoms with Gasteiger partial charge in [-0.3, -0.25) is 0 Å². The Hall–Kier alpha value is 0.570. The van der Waals surface area contributed by atoms with E-state index in [0.29, 0.717) is 0 Å². The second kappa shape index (κ2) is 7.23. The van der Waals surface area contributed by atoms with Crippen LogP contribution in [0.5, 0.6) is 0 Å². The summed E-state index contributed by atoms with van der Waals surface area (Å²) in [5.41, 5.74) is 0. The third kappa shape index (κ3) is 25.0. The maximum Gasteiger partial charge on any atom is 1.00 e. The summed E-state index contributed by atoms with van der Waals surface area (Å²) in [4.78, 5) is 0. The third-order valence-electron chi connectivity index (χ3n) is 0.425. The predicted octanol–water partition coefficient (Wildman–Crippen LogP) is -2.84. The first-order valence-electron chi connectivity index (χ1n) is 2.21. The van der Waals surface area contributed by atoms with Crippen LogP contribution in [0.3, 0.4) is 0 Å². The Balaban J connectivity index is 0. The number of nitrogens with two attached hydrogens (primary N) is 1. The molecule has 0 bridgehead atoms. The van der Waals surface area contributed by atoms with Crippen molar-refractivity contribution in [1.29, 1.82) is 0 Å². The van der Waals surface area contributed by atoms with Gasteiger partial charge in [-0.2, -0.15) is 11.3 Å². The van der Waals surface area contributed by atoms with Gasteiger partial charge in [-0.15, -0.1) is 0 Å². The zero-order valence-corrected chi connectivity index (χ0v) is 9.56. The Morgan fingerprint density at radius 2 is 1.55 bits per heavy atom. The second-order valence-corrected chi connectivity index (χ2v) is 3.09. The molecule has 0 saturated heterocycles. The monoisotopic (exact) mass is 203 g/mol. The van der Waals surface area contributed by atoms with Crippen LogP contribution < -0.4 is 34.7 Å². The molecule has 0 spiro atoms. The van der Waals surface area contributed by atoms with Crippen LogP contribution in [-0.4, -0.2) is 13.0 Å². The van der Waals surface area contributed by atoms with E-state index in [-0.39, 0.29) is 29.6 Å². The molecule has 7 heteroatoms. The van der Waals surface area contributed by atoms with Crippen molar-refractivity contribution in [2.24, 2.45) is 5.14 Å². The van der Waals surface area contributed by atoms with Crippen LogP contribution in [0.25, 0.3) is 0 Å². The molecule has 0 amide bonds. The average Bonchev–Trinajstić information content (AvgIpc) is 2.07. The Bertz CT molecular complexity index is 219. The van der Waals surface area contributed by atoms with Gasteiger partial charge in [-0.1, -0.05) is 12.1 Å². The van der Waals surface area contributed by atoms with Gasteiger partial charge in [0.2, 0.25) is 0 Å². The van der Waals surface area contributed by atoms with E-state index < -0.39 is 10.3 Å². The number of hydrogen-bond acceptors (Lipinski definition) is 4. The van der Waals surface area contributed by atoms with Gasteiger partial charge in [0.1, 0.15) is 0 Å².